The first-order valence-corrected chi connectivity index (χ1v) is 6.19. The van der Waals surface area contributed by atoms with Crippen LogP contribution in [0, 0.1) is 0 Å². The van der Waals surface area contributed by atoms with Crippen molar-refractivity contribution in [2.24, 2.45) is 0 Å². The van der Waals surface area contributed by atoms with Gasteiger partial charge in [-0.1, -0.05) is 30.4 Å². The highest BCUT2D eigenvalue weighted by molar-refractivity contribution is 6.08. The fraction of sp³-hybridized carbons (Fsp3) is 0.400. The first-order chi connectivity index (χ1) is 8.15. The van der Waals surface area contributed by atoms with Crippen LogP contribution in [0.2, 0.25) is 0 Å². The molecule has 0 bridgehead atoms. The first-order valence-electron chi connectivity index (χ1n) is 6.19. The number of allylic oxidation sites excluding steroid dienone is 1. The summed E-state index contributed by atoms with van der Waals surface area (Å²) in [6.07, 6.45) is 3.94. The zero-order valence-electron chi connectivity index (χ0n) is 10.2. The number of hydrogen-bond donors (Lipinski definition) is 0. The van der Waals surface area contributed by atoms with Gasteiger partial charge in [0.15, 0.2) is 0 Å². The summed E-state index contributed by atoms with van der Waals surface area (Å²) >= 11 is 0. The van der Waals surface area contributed by atoms with Crippen molar-refractivity contribution in [2.75, 3.05) is 11.9 Å². The number of rotatable bonds is 0. The smallest absolute Gasteiger partial charge is 0.237 e. The minimum absolute atomic E-state index is 0.250. The van der Waals surface area contributed by atoms with Gasteiger partial charge in [-0.25, -0.2) is 0 Å². The lowest BCUT2D eigenvalue weighted by Gasteiger charge is -2.33. The molecule has 3 rings (SSSR count). The maximum atomic E-state index is 12.6. The highest BCUT2D eigenvalue weighted by Crippen LogP contribution is 2.50. The summed E-state index contributed by atoms with van der Waals surface area (Å²) in [7, 11) is 1.88. The van der Waals surface area contributed by atoms with Crippen LogP contribution in [0.4, 0.5) is 5.69 Å². The van der Waals surface area contributed by atoms with Gasteiger partial charge in [0.25, 0.3) is 0 Å². The zero-order valence-corrected chi connectivity index (χ0v) is 10.2. The molecule has 2 aliphatic rings. The molecule has 1 aliphatic heterocycles. The number of anilines is 1. The number of likely N-dealkylation sites (N-methyl/N-ethyl adjacent to an activating group) is 1. The molecule has 2 heteroatoms. The average Bonchev–Trinajstić information content (AvgIpc) is 2.54. The van der Waals surface area contributed by atoms with Crippen LogP contribution in [0.3, 0.4) is 0 Å². The van der Waals surface area contributed by atoms with E-state index < -0.39 is 0 Å². The Bertz CT molecular complexity index is 505. The molecular formula is C15H17NO. The lowest BCUT2D eigenvalue weighted by Crippen LogP contribution is -2.40. The molecule has 1 amide bonds. The van der Waals surface area contributed by atoms with Gasteiger partial charge in [0.2, 0.25) is 5.91 Å². The minimum Gasteiger partial charge on any atom is -0.314 e. The van der Waals surface area contributed by atoms with E-state index in [1.54, 1.807) is 0 Å². The van der Waals surface area contributed by atoms with Crippen LogP contribution in [0.1, 0.15) is 31.2 Å². The number of hydrogen-bond acceptors (Lipinski definition) is 1. The largest absolute Gasteiger partial charge is 0.314 e. The van der Waals surface area contributed by atoms with E-state index in [-0.39, 0.29) is 11.3 Å². The Kier molecular flexibility index (Phi) is 2.15. The fourth-order valence-corrected chi connectivity index (χ4v) is 3.37. The van der Waals surface area contributed by atoms with Crippen LogP contribution in [0.5, 0.6) is 0 Å². The molecule has 1 heterocycles. The summed E-state index contributed by atoms with van der Waals surface area (Å²) in [6, 6.07) is 8.18. The predicted octanol–water partition coefficient (Wildman–Crippen LogP) is 3.03. The molecule has 1 spiro atoms. The normalized spacial score (nSPS) is 27.7. The quantitative estimate of drug-likeness (QED) is 0.624. The van der Waals surface area contributed by atoms with Crippen molar-refractivity contribution in [1.29, 1.82) is 0 Å². The van der Waals surface area contributed by atoms with Gasteiger partial charge < -0.3 is 4.90 Å². The number of carbonyl (C=O) groups excluding carboxylic acids is 1. The van der Waals surface area contributed by atoms with Crippen LogP contribution in [-0.2, 0) is 10.2 Å². The third-order valence-electron chi connectivity index (χ3n) is 4.18. The molecule has 1 atom stereocenters. The number of fused-ring (bicyclic) bond motifs is 2. The molecule has 0 unspecified atom stereocenters. The lowest BCUT2D eigenvalue weighted by molar-refractivity contribution is -0.123. The Morgan fingerprint density at radius 3 is 2.88 bits per heavy atom. The van der Waals surface area contributed by atoms with Crippen LogP contribution in [0.25, 0.3) is 0 Å². The van der Waals surface area contributed by atoms with Crippen molar-refractivity contribution >= 4 is 11.6 Å². The Morgan fingerprint density at radius 1 is 1.35 bits per heavy atom. The van der Waals surface area contributed by atoms with E-state index in [4.69, 9.17) is 0 Å². The number of amides is 1. The third-order valence-corrected chi connectivity index (χ3v) is 4.18. The summed E-state index contributed by atoms with van der Waals surface area (Å²) in [5.41, 5.74) is 3.19. The summed E-state index contributed by atoms with van der Waals surface area (Å²) in [4.78, 5) is 14.4. The maximum Gasteiger partial charge on any atom is 0.237 e. The van der Waals surface area contributed by atoms with E-state index >= 15 is 0 Å². The van der Waals surface area contributed by atoms with E-state index in [1.165, 1.54) is 11.1 Å². The topological polar surface area (TPSA) is 20.3 Å². The van der Waals surface area contributed by atoms with Crippen molar-refractivity contribution in [3.8, 4) is 0 Å². The summed E-state index contributed by atoms with van der Waals surface area (Å²) in [5.74, 6) is 0.250. The van der Waals surface area contributed by atoms with Crippen LogP contribution >= 0.6 is 0 Å². The Labute approximate surface area is 102 Å². The highest BCUT2D eigenvalue weighted by Gasteiger charge is 2.50. The SMILES string of the molecule is C=C1CCC[C@@]2(C1)C(=O)N(C)c1ccccc12. The molecule has 0 N–H and O–H groups in total. The van der Waals surface area contributed by atoms with E-state index in [0.717, 1.165) is 31.4 Å². The van der Waals surface area contributed by atoms with E-state index in [0.29, 0.717) is 0 Å². The summed E-state index contributed by atoms with van der Waals surface area (Å²) < 4.78 is 0. The van der Waals surface area contributed by atoms with Gasteiger partial charge >= 0.3 is 0 Å². The van der Waals surface area contributed by atoms with Gasteiger partial charge in [-0.05, 0) is 37.3 Å². The molecular weight excluding hydrogens is 210 g/mol. The molecule has 88 valence electrons. The van der Waals surface area contributed by atoms with Crippen molar-refractivity contribution < 1.29 is 4.79 Å². The standard InChI is InChI=1S/C15H17NO/c1-11-6-5-9-15(10-11)12-7-3-4-8-13(12)16(2)14(15)17/h3-4,7-8H,1,5-6,9-10H2,2H3/t15-/m0/s1. The lowest BCUT2D eigenvalue weighted by atomic mass is 9.69. The first kappa shape index (κ1) is 10.6. The van der Waals surface area contributed by atoms with Crippen molar-refractivity contribution in [2.45, 2.75) is 31.1 Å². The van der Waals surface area contributed by atoms with Gasteiger partial charge in [-0.2, -0.15) is 0 Å². The molecule has 0 radical (unpaired) electrons. The number of nitrogens with zero attached hydrogens (tertiary/aromatic N) is 1. The van der Waals surface area contributed by atoms with Gasteiger partial charge in [-0.15, -0.1) is 0 Å². The second kappa shape index (κ2) is 3.46. The predicted molar refractivity (Wildman–Crippen MR) is 69.1 cm³/mol. The number of carbonyl (C=O) groups is 1. The Morgan fingerprint density at radius 2 is 2.12 bits per heavy atom. The van der Waals surface area contributed by atoms with Crippen molar-refractivity contribution in [3.63, 3.8) is 0 Å². The maximum absolute atomic E-state index is 12.6. The molecule has 1 aliphatic carbocycles. The Hall–Kier alpha value is -1.57. The molecule has 1 saturated carbocycles. The van der Waals surface area contributed by atoms with E-state index in [1.807, 2.05) is 30.1 Å². The van der Waals surface area contributed by atoms with Gasteiger partial charge in [0.1, 0.15) is 0 Å². The average molecular weight is 227 g/mol. The summed E-state index contributed by atoms with van der Waals surface area (Å²) in [6.45, 7) is 4.09. The molecule has 1 aromatic rings. The number of para-hydroxylation sites is 1. The Balaban J connectivity index is 2.17. The third kappa shape index (κ3) is 1.30. The molecule has 0 saturated heterocycles. The second-order valence-corrected chi connectivity index (χ2v) is 5.24. The molecule has 1 fully saturated rings. The van der Waals surface area contributed by atoms with Crippen LogP contribution in [0.15, 0.2) is 36.4 Å². The molecule has 17 heavy (non-hydrogen) atoms. The fourth-order valence-electron chi connectivity index (χ4n) is 3.37. The molecule has 2 nitrogen and oxygen atoms in total. The van der Waals surface area contributed by atoms with E-state index in [9.17, 15) is 4.79 Å². The summed E-state index contributed by atoms with van der Waals surface area (Å²) in [5, 5.41) is 0. The highest BCUT2D eigenvalue weighted by atomic mass is 16.2. The molecule has 0 aromatic heterocycles. The number of benzene rings is 1. The second-order valence-electron chi connectivity index (χ2n) is 5.24. The monoisotopic (exact) mass is 227 g/mol. The van der Waals surface area contributed by atoms with Crippen molar-refractivity contribution in [3.05, 3.63) is 42.0 Å². The van der Waals surface area contributed by atoms with Crippen molar-refractivity contribution in [1.82, 2.24) is 0 Å². The van der Waals surface area contributed by atoms with Gasteiger partial charge in [0, 0.05) is 12.7 Å². The van der Waals surface area contributed by atoms with Gasteiger partial charge in [0.05, 0.1) is 5.41 Å². The minimum atomic E-state index is -0.305. The van der Waals surface area contributed by atoms with Crippen LogP contribution < -0.4 is 4.90 Å². The van der Waals surface area contributed by atoms with E-state index in [2.05, 4.69) is 12.6 Å². The van der Waals surface area contributed by atoms with Crippen LogP contribution in [-0.4, -0.2) is 13.0 Å². The molecule has 1 aromatic carbocycles. The van der Waals surface area contributed by atoms with Gasteiger partial charge in [-0.3, -0.25) is 4.79 Å². The zero-order chi connectivity index (χ0) is 12.0.